The van der Waals surface area contributed by atoms with Crippen LogP contribution < -0.4 is 5.32 Å². The van der Waals surface area contributed by atoms with E-state index in [1.807, 2.05) is 48.5 Å². The van der Waals surface area contributed by atoms with E-state index in [0.29, 0.717) is 27.1 Å². The highest BCUT2D eigenvalue weighted by molar-refractivity contribution is 7.99. The number of hydrogen-bond acceptors (Lipinski definition) is 4. The topological polar surface area (TPSA) is 65.8 Å². The van der Waals surface area contributed by atoms with Crippen molar-refractivity contribution in [1.29, 1.82) is 5.26 Å². The fourth-order valence-corrected chi connectivity index (χ4v) is 3.52. The number of halogens is 1. The third-order valence-electron chi connectivity index (χ3n) is 3.77. The zero-order valence-corrected chi connectivity index (χ0v) is 15.9. The molecule has 1 heterocycles. The molecule has 0 atom stereocenters. The third-order valence-corrected chi connectivity index (χ3v) is 5.09. The van der Waals surface area contributed by atoms with Crippen LogP contribution in [0.1, 0.15) is 12.0 Å². The van der Waals surface area contributed by atoms with E-state index in [-0.39, 0.29) is 12.3 Å². The number of nitrogens with one attached hydrogen (secondary N) is 1. The normalized spacial score (nSPS) is 10.2. The molecule has 0 unspecified atom stereocenters. The number of pyridine rings is 1. The molecule has 4 nitrogen and oxygen atoms in total. The summed E-state index contributed by atoms with van der Waals surface area (Å²) in [5.41, 5.74) is 2.89. The number of aromatic nitrogens is 1. The van der Waals surface area contributed by atoms with Gasteiger partial charge in [-0.1, -0.05) is 54.1 Å². The number of nitrogens with zero attached hydrogens (tertiary/aromatic N) is 2. The lowest BCUT2D eigenvalue weighted by Crippen LogP contribution is -2.12. The Labute approximate surface area is 167 Å². The lowest BCUT2D eigenvalue weighted by atomic mass is 10.1. The van der Waals surface area contributed by atoms with Gasteiger partial charge in [-0.2, -0.15) is 5.26 Å². The van der Waals surface area contributed by atoms with Gasteiger partial charge in [-0.15, -0.1) is 11.8 Å². The Hall–Kier alpha value is -2.81. The summed E-state index contributed by atoms with van der Waals surface area (Å²) in [6.07, 6.45) is 0.290. The number of hydrogen-bond donors (Lipinski definition) is 1. The molecule has 0 aliphatic rings. The van der Waals surface area contributed by atoms with Crippen LogP contribution in [0.5, 0.6) is 0 Å². The second-order valence-corrected chi connectivity index (χ2v) is 7.14. The fourth-order valence-electron chi connectivity index (χ4n) is 2.42. The molecule has 0 fully saturated rings. The van der Waals surface area contributed by atoms with Gasteiger partial charge in [0.15, 0.2) is 0 Å². The van der Waals surface area contributed by atoms with E-state index in [1.165, 1.54) is 11.8 Å². The van der Waals surface area contributed by atoms with E-state index in [9.17, 15) is 10.1 Å². The smallest absolute Gasteiger partial charge is 0.225 e. The summed E-state index contributed by atoms with van der Waals surface area (Å²) in [4.78, 5) is 16.7. The fraction of sp³-hybridized carbons (Fsp3) is 0.0952. The largest absolute Gasteiger partial charge is 0.325 e. The molecule has 0 saturated heterocycles. The molecule has 0 bridgehead atoms. The first-order valence-corrected chi connectivity index (χ1v) is 9.67. The minimum Gasteiger partial charge on any atom is -0.325 e. The summed E-state index contributed by atoms with van der Waals surface area (Å²) >= 11 is 7.44. The van der Waals surface area contributed by atoms with Crippen molar-refractivity contribution >= 4 is 35.0 Å². The van der Waals surface area contributed by atoms with Gasteiger partial charge < -0.3 is 5.32 Å². The summed E-state index contributed by atoms with van der Waals surface area (Å²) < 4.78 is 0. The molecule has 2 aromatic carbocycles. The highest BCUT2D eigenvalue weighted by Crippen LogP contribution is 2.26. The van der Waals surface area contributed by atoms with Crippen LogP contribution in [-0.2, 0) is 4.79 Å². The van der Waals surface area contributed by atoms with Gasteiger partial charge in [-0.05, 0) is 24.3 Å². The zero-order valence-electron chi connectivity index (χ0n) is 14.4. The molecular formula is C21H16ClN3OS. The first-order chi connectivity index (χ1) is 13.2. The van der Waals surface area contributed by atoms with Gasteiger partial charge >= 0.3 is 0 Å². The van der Waals surface area contributed by atoms with Crippen molar-refractivity contribution in [2.24, 2.45) is 0 Å². The Morgan fingerprint density at radius 2 is 1.81 bits per heavy atom. The molecule has 0 aliphatic heterocycles. The first-order valence-electron chi connectivity index (χ1n) is 8.31. The van der Waals surface area contributed by atoms with Crippen LogP contribution in [0, 0.1) is 11.3 Å². The molecule has 0 spiro atoms. The van der Waals surface area contributed by atoms with E-state index in [0.717, 1.165) is 11.3 Å². The molecule has 0 aliphatic carbocycles. The van der Waals surface area contributed by atoms with Crippen molar-refractivity contribution in [2.75, 3.05) is 11.1 Å². The Balaban J connectivity index is 1.64. The lowest BCUT2D eigenvalue weighted by Gasteiger charge is -2.08. The average Bonchev–Trinajstić information content (AvgIpc) is 2.70. The highest BCUT2D eigenvalue weighted by Gasteiger charge is 2.10. The number of rotatable bonds is 6. The second-order valence-electron chi connectivity index (χ2n) is 5.65. The average molecular weight is 394 g/mol. The van der Waals surface area contributed by atoms with Gasteiger partial charge in [0.25, 0.3) is 0 Å². The van der Waals surface area contributed by atoms with Crippen LogP contribution in [0.25, 0.3) is 11.3 Å². The Morgan fingerprint density at radius 3 is 2.56 bits per heavy atom. The van der Waals surface area contributed by atoms with E-state index in [1.54, 1.807) is 18.2 Å². The quantitative estimate of drug-likeness (QED) is 0.570. The number of amides is 1. The molecule has 0 saturated carbocycles. The zero-order chi connectivity index (χ0) is 19.1. The number of para-hydroxylation sites is 1. The minimum absolute atomic E-state index is 0.131. The van der Waals surface area contributed by atoms with Crippen molar-refractivity contribution in [3.05, 3.63) is 77.3 Å². The monoisotopic (exact) mass is 393 g/mol. The van der Waals surface area contributed by atoms with E-state index in [2.05, 4.69) is 16.4 Å². The van der Waals surface area contributed by atoms with Gasteiger partial charge in [0, 0.05) is 17.7 Å². The van der Waals surface area contributed by atoms with Crippen molar-refractivity contribution < 1.29 is 4.79 Å². The maximum atomic E-state index is 12.1. The molecule has 1 N–H and O–H groups in total. The Kier molecular flexibility index (Phi) is 6.48. The van der Waals surface area contributed by atoms with Crippen molar-refractivity contribution in [3.63, 3.8) is 0 Å². The summed E-state index contributed by atoms with van der Waals surface area (Å²) in [7, 11) is 0. The van der Waals surface area contributed by atoms with Crippen molar-refractivity contribution in [2.45, 2.75) is 11.4 Å². The molecule has 27 heavy (non-hydrogen) atoms. The van der Waals surface area contributed by atoms with E-state index in [4.69, 9.17) is 11.6 Å². The summed E-state index contributed by atoms with van der Waals surface area (Å²) in [5.74, 6) is 0.379. The number of carbonyl (C=O) groups excluding carboxylic acids is 1. The second kappa shape index (κ2) is 9.22. The number of thioether (sulfide) groups is 1. The van der Waals surface area contributed by atoms with Crippen molar-refractivity contribution in [3.8, 4) is 17.3 Å². The van der Waals surface area contributed by atoms with E-state index < -0.39 is 0 Å². The van der Waals surface area contributed by atoms with Gasteiger partial charge in [0.1, 0.15) is 11.1 Å². The summed E-state index contributed by atoms with van der Waals surface area (Å²) in [6, 6.07) is 22.6. The maximum absolute atomic E-state index is 12.1. The Morgan fingerprint density at radius 1 is 1.07 bits per heavy atom. The van der Waals surface area contributed by atoms with Crippen molar-refractivity contribution in [1.82, 2.24) is 4.98 Å². The van der Waals surface area contributed by atoms with E-state index >= 15 is 0 Å². The van der Waals surface area contributed by atoms with Crippen LogP contribution in [-0.4, -0.2) is 16.6 Å². The predicted octanol–water partition coefficient (Wildman–Crippen LogP) is 5.39. The molecule has 3 aromatic rings. The SMILES string of the molecule is N#Cc1ccc(-c2ccccc2)nc1SCCC(=O)Nc1ccccc1Cl. The van der Waals surface area contributed by atoms with Crippen LogP contribution in [0.15, 0.2) is 71.8 Å². The molecule has 134 valence electrons. The Bertz CT molecular complexity index is 986. The van der Waals surface area contributed by atoms with Gasteiger partial charge in [-0.25, -0.2) is 4.98 Å². The number of nitriles is 1. The van der Waals surface area contributed by atoms with Crippen LogP contribution >= 0.6 is 23.4 Å². The van der Waals surface area contributed by atoms with Crippen LogP contribution in [0.3, 0.4) is 0 Å². The number of anilines is 1. The number of benzene rings is 2. The molecule has 3 rings (SSSR count). The lowest BCUT2D eigenvalue weighted by molar-refractivity contribution is -0.115. The van der Waals surface area contributed by atoms with Gasteiger partial charge in [0.2, 0.25) is 5.91 Å². The van der Waals surface area contributed by atoms with Crippen LogP contribution in [0.4, 0.5) is 5.69 Å². The third kappa shape index (κ3) is 5.10. The first kappa shape index (κ1) is 19.0. The van der Waals surface area contributed by atoms with Gasteiger partial charge in [0.05, 0.1) is 22.0 Å². The summed E-state index contributed by atoms with van der Waals surface area (Å²) in [5, 5.41) is 13.2. The summed E-state index contributed by atoms with van der Waals surface area (Å²) in [6.45, 7) is 0. The molecule has 1 amide bonds. The standard InChI is InChI=1S/C21H16ClN3OS/c22-17-8-4-5-9-19(17)24-20(26)12-13-27-21-16(14-23)10-11-18(25-21)15-6-2-1-3-7-15/h1-11H,12-13H2,(H,24,26). The van der Waals surface area contributed by atoms with Crippen LogP contribution in [0.2, 0.25) is 5.02 Å². The highest BCUT2D eigenvalue weighted by atomic mass is 35.5. The number of carbonyl (C=O) groups is 1. The maximum Gasteiger partial charge on any atom is 0.225 e. The van der Waals surface area contributed by atoms with Gasteiger partial charge in [-0.3, -0.25) is 4.79 Å². The molecule has 6 heteroatoms. The molecular weight excluding hydrogens is 378 g/mol. The predicted molar refractivity (Wildman–Crippen MR) is 110 cm³/mol. The molecule has 1 aromatic heterocycles. The minimum atomic E-state index is -0.131. The molecule has 0 radical (unpaired) electrons.